The minimum Gasteiger partial charge on any atom is -0.480 e. The number of rotatable bonds is 4. The van der Waals surface area contributed by atoms with Gasteiger partial charge < -0.3 is 5.11 Å². The van der Waals surface area contributed by atoms with Gasteiger partial charge in [0.15, 0.2) is 0 Å². The van der Waals surface area contributed by atoms with Crippen LogP contribution in [0.3, 0.4) is 0 Å². The molecule has 3 aromatic rings. The molecule has 1 N–H and O–H groups in total. The molecule has 132 valence electrons. The van der Waals surface area contributed by atoms with Crippen molar-refractivity contribution in [1.82, 2.24) is 9.88 Å². The summed E-state index contributed by atoms with van der Waals surface area (Å²) >= 11 is 0. The molecule has 1 saturated heterocycles. The molecule has 4 heteroatoms. The molecular formula is C22H22N2O2. The van der Waals surface area contributed by atoms with Gasteiger partial charge in [-0.15, -0.1) is 0 Å². The molecule has 0 radical (unpaired) electrons. The van der Waals surface area contributed by atoms with Gasteiger partial charge in [-0.3, -0.25) is 14.7 Å². The van der Waals surface area contributed by atoms with E-state index in [1.165, 1.54) is 10.8 Å². The molecule has 26 heavy (non-hydrogen) atoms. The van der Waals surface area contributed by atoms with E-state index in [4.69, 9.17) is 0 Å². The normalized spacial score (nSPS) is 19.3. The van der Waals surface area contributed by atoms with Gasteiger partial charge in [0.25, 0.3) is 0 Å². The monoisotopic (exact) mass is 346 g/mol. The van der Waals surface area contributed by atoms with Crippen LogP contribution in [0, 0.1) is 0 Å². The standard InChI is InChI=1S/C22H22N2O2/c25-22(26)20-12-3-4-14-24(20)21(17-9-6-13-23-15-17)19-11-5-8-16-7-1-2-10-18(16)19/h1-2,5-11,13,15,20-21H,3-4,12,14H2,(H,25,26). The summed E-state index contributed by atoms with van der Waals surface area (Å²) in [5.74, 6) is -0.737. The van der Waals surface area contributed by atoms with Gasteiger partial charge in [0, 0.05) is 12.4 Å². The number of nitrogens with zero attached hydrogens (tertiary/aromatic N) is 2. The summed E-state index contributed by atoms with van der Waals surface area (Å²) in [6, 6.07) is 18.0. The first kappa shape index (κ1) is 16.7. The van der Waals surface area contributed by atoms with E-state index in [9.17, 15) is 9.90 Å². The lowest BCUT2D eigenvalue weighted by atomic mass is 9.89. The summed E-state index contributed by atoms with van der Waals surface area (Å²) in [6.45, 7) is 0.778. The Labute approximate surface area is 153 Å². The number of aromatic nitrogens is 1. The van der Waals surface area contributed by atoms with E-state index in [0.29, 0.717) is 6.42 Å². The number of aliphatic carboxylic acids is 1. The van der Waals surface area contributed by atoms with Crippen molar-refractivity contribution in [2.75, 3.05) is 6.54 Å². The van der Waals surface area contributed by atoms with Crippen molar-refractivity contribution < 1.29 is 9.90 Å². The average Bonchev–Trinajstić information content (AvgIpc) is 2.69. The zero-order valence-corrected chi connectivity index (χ0v) is 14.6. The number of carboxylic acids is 1. The van der Waals surface area contributed by atoms with Crippen molar-refractivity contribution in [1.29, 1.82) is 0 Å². The highest BCUT2D eigenvalue weighted by Crippen LogP contribution is 2.37. The lowest BCUT2D eigenvalue weighted by Gasteiger charge is -2.39. The van der Waals surface area contributed by atoms with Crippen molar-refractivity contribution in [3.63, 3.8) is 0 Å². The maximum atomic E-state index is 11.9. The van der Waals surface area contributed by atoms with E-state index in [-0.39, 0.29) is 6.04 Å². The minimum absolute atomic E-state index is 0.115. The van der Waals surface area contributed by atoms with Gasteiger partial charge in [-0.2, -0.15) is 0 Å². The molecule has 4 rings (SSSR count). The van der Waals surface area contributed by atoms with Crippen LogP contribution in [0.1, 0.15) is 36.4 Å². The highest BCUT2D eigenvalue weighted by molar-refractivity contribution is 5.86. The molecule has 1 aliphatic rings. The first-order valence-electron chi connectivity index (χ1n) is 9.12. The van der Waals surface area contributed by atoms with Crippen LogP contribution in [-0.4, -0.2) is 33.5 Å². The maximum absolute atomic E-state index is 11.9. The van der Waals surface area contributed by atoms with Crippen molar-refractivity contribution in [3.05, 3.63) is 78.1 Å². The summed E-state index contributed by atoms with van der Waals surface area (Å²) in [4.78, 5) is 18.4. The van der Waals surface area contributed by atoms with Crippen LogP contribution >= 0.6 is 0 Å². The van der Waals surface area contributed by atoms with Gasteiger partial charge in [0.1, 0.15) is 6.04 Å². The summed E-state index contributed by atoms with van der Waals surface area (Å²) in [7, 11) is 0. The van der Waals surface area contributed by atoms with Crippen molar-refractivity contribution in [3.8, 4) is 0 Å². The van der Waals surface area contributed by atoms with E-state index in [0.717, 1.165) is 30.5 Å². The Morgan fingerprint density at radius 3 is 2.73 bits per heavy atom. The second-order valence-corrected chi connectivity index (χ2v) is 6.84. The van der Waals surface area contributed by atoms with E-state index in [1.54, 1.807) is 6.20 Å². The topological polar surface area (TPSA) is 53.4 Å². The number of carboxylic acid groups (broad SMARTS) is 1. The highest BCUT2D eigenvalue weighted by atomic mass is 16.4. The minimum atomic E-state index is -0.737. The third-order valence-electron chi connectivity index (χ3n) is 5.28. The molecule has 4 nitrogen and oxygen atoms in total. The van der Waals surface area contributed by atoms with Crippen LogP contribution in [-0.2, 0) is 4.79 Å². The Bertz CT molecular complexity index is 905. The predicted molar refractivity (Wildman–Crippen MR) is 102 cm³/mol. The molecule has 2 unspecified atom stereocenters. The second-order valence-electron chi connectivity index (χ2n) is 6.84. The zero-order valence-electron chi connectivity index (χ0n) is 14.6. The number of likely N-dealkylation sites (tertiary alicyclic amines) is 1. The average molecular weight is 346 g/mol. The first-order chi connectivity index (χ1) is 12.8. The number of benzene rings is 2. The number of fused-ring (bicyclic) bond motifs is 1. The Hall–Kier alpha value is -2.72. The number of hydrogen-bond donors (Lipinski definition) is 1. The van der Waals surface area contributed by atoms with Gasteiger partial charge in [0.05, 0.1) is 6.04 Å². The molecule has 2 aromatic carbocycles. The van der Waals surface area contributed by atoms with Gasteiger partial charge in [-0.05, 0) is 47.4 Å². The van der Waals surface area contributed by atoms with Crippen LogP contribution in [0.4, 0.5) is 0 Å². The quantitative estimate of drug-likeness (QED) is 0.767. The fourth-order valence-electron chi connectivity index (χ4n) is 4.10. The molecule has 1 aromatic heterocycles. The molecule has 1 aliphatic heterocycles. The van der Waals surface area contributed by atoms with E-state index in [1.807, 2.05) is 30.5 Å². The molecule has 0 saturated carbocycles. The second kappa shape index (κ2) is 7.26. The highest BCUT2D eigenvalue weighted by Gasteiger charge is 2.35. The predicted octanol–water partition coefficient (Wildman–Crippen LogP) is 4.26. The molecule has 0 spiro atoms. The number of pyridine rings is 1. The summed E-state index contributed by atoms with van der Waals surface area (Å²) in [6.07, 6.45) is 6.29. The van der Waals surface area contributed by atoms with Gasteiger partial charge in [0.2, 0.25) is 0 Å². The number of carbonyl (C=O) groups is 1. The van der Waals surface area contributed by atoms with Crippen LogP contribution in [0.25, 0.3) is 10.8 Å². The van der Waals surface area contributed by atoms with Crippen LogP contribution in [0.15, 0.2) is 67.0 Å². The number of hydrogen-bond acceptors (Lipinski definition) is 3. The van der Waals surface area contributed by atoms with Crippen LogP contribution in [0.5, 0.6) is 0 Å². The third-order valence-corrected chi connectivity index (χ3v) is 5.28. The summed E-state index contributed by atoms with van der Waals surface area (Å²) in [5.41, 5.74) is 2.18. The Kier molecular flexibility index (Phi) is 4.67. The fraction of sp³-hybridized carbons (Fsp3) is 0.273. The number of piperidine rings is 1. The molecular weight excluding hydrogens is 324 g/mol. The smallest absolute Gasteiger partial charge is 0.320 e. The maximum Gasteiger partial charge on any atom is 0.320 e. The van der Waals surface area contributed by atoms with E-state index >= 15 is 0 Å². The lowest BCUT2D eigenvalue weighted by Crippen LogP contribution is -2.46. The third kappa shape index (κ3) is 3.08. The zero-order chi connectivity index (χ0) is 17.9. The van der Waals surface area contributed by atoms with Gasteiger partial charge >= 0.3 is 5.97 Å². The first-order valence-corrected chi connectivity index (χ1v) is 9.12. The molecule has 2 atom stereocenters. The fourth-order valence-corrected chi connectivity index (χ4v) is 4.10. The van der Waals surface area contributed by atoms with Crippen molar-refractivity contribution in [2.24, 2.45) is 0 Å². The summed E-state index contributed by atoms with van der Waals surface area (Å²) in [5, 5.41) is 12.1. The summed E-state index contributed by atoms with van der Waals surface area (Å²) < 4.78 is 0. The largest absolute Gasteiger partial charge is 0.480 e. The van der Waals surface area contributed by atoms with E-state index < -0.39 is 12.0 Å². The van der Waals surface area contributed by atoms with Crippen molar-refractivity contribution >= 4 is 16.7 Å². The molecule has 1 fully saturated rings. The van der Waals surface area contributed by atoms with Crippen molar-refractivity contribution in [2.45, 2.75) is 31.3 Å². The molecule has 0 bridgehead atoms. The van der Waals surface area contributed by atoms with Crippen LogP contribution in [0.2, 0.25) is 0 Å². The Morgan fingerprint density at radius 2 is 1.92 bits per heavy atom. The Morgan fingerprint density at radius 1 is 1.08 bits per heavy atom. The molecule has 0 amide bonds. The van der Waals surface area contributed by atoms with Crippen LogP contribution < -0.4 is 0 Å². The van der Waals surface area contributed by atoms with E-state index in [2.05, 4.69) is 40.2 Å². The Balaban J connectivity index is 1.90. The lowest BCUT2D eigenvalue weighted by molar-refractivity contribution is -0.145. The molecule has 0 aliphatic carbocycles. The van der Waals surface area contributed by atoms with Gasteiger partial charge in [-0.25, -0.2) is 0 Å². The SMILES string of the molecule is O=C(O)C1CCCCN1C(c1cccnc1)c1cccc2ccccc12. The molecule has 2 heterocycles. The van der Waals surface area contributed by atoms with Gasteiger partial charge in [-0.1, -0.05) is 55.0 Å².